The molecule has 4 heteroatoms. The van der Waals surface area contributed by atoms with Crippen molar-refractivity contribution in [3.63, 3.8) is 0 Å². The van der Waals surface area contributed by atoms with Gasteiger partial charge in [-0.15, -0.1) is 0 Å². The molecule has 1 amide bonds. The van der Waals surface area contributed by atoms with E-state index in [-0.39, 0.29) is 12.5 Å². The molecule has 0 aliphatic rings. The largest absolute Gasteiger partial charge is 0.465 e. The van der Waals surface area contributed by atoms with Gasteiger partial charge in [0.05, 0.1) is 6.61 Å². The van der Waals surface area contributed by atoms with Crippen molar-refractivity contribution in [3.8, 4) is 0 Å². The molecule has 0 aromatic heterocycles. The Kier molecular flexibility index (Phi) is 5.79. The zero-order chi connectivity index (χ0) is 12.5. The highest BCUT2D eigenvalue weighted by Crippen LogP contribution is 2.00. The van der Waals surface area contributed by atoms with Crippen LogP contribution in [0.5, 0.6) is 0 Å². The van der Waals surface area contributed by atoms with Crippen LogP contribution in [-0.2, 0) is 20.7 Å². The summed E-state index contributed by atoms with van der Waals surface area (Å²) < 4.78 is 4.79. The summed E-state index contributed by atoms with van der Waals surface area (Å²) in [4.78, 5) is 23.4. The molecular formula is C13H17NO3. The van der Waals surface area contributed by atoms with Gasteiger partial charge >= 0.3 is 5.97 Å². The molecule has 1 rings (SSSR count). The molecule has 0 saturated carbocycles. The normalized spacial score (nSPS) is 9.71. The lowest BCUT2D eigenvalue weighted by atomic mass is 10.1. The topological polar surface area (TPSA) is 46.6 Å². The van der Waals surface area contributed by atoms with Crippen LogP contribution >= 0.6 is 0 Å². The molecule has 0 aliphatic heterocycles. The van der Waals surface area contributed by atoms with Gasteiger partial charge in [0.1, 0.15) is 6.54 Å². The van der Waals surface area contributed by atoms with E-state index in [1.807, 2.05) is 30.3 Å². The highest BCUT2D eigenvalue weighted by atomic mass is 16.5. The van der Waals surface area contributed by atoms with Gasteiger partial charge in [0.25, 0.3) is 0 Å². The molecular weight excluding hydrogens is 218 g/mol. The first-order chi connectivity index (χ1) is 8.26. The van der Waals surface area contributed by atoms with Crippen LogP contribution in [0.25, 0.3) is 0 Å². The van der Waals surface area contributed by atoms with Crippen molar-refractivity contribution in [1.82, 2.24) is 4.90 Å². The van der Waals surface area contributed by atoms with Gasteiger partial charge in [-0.1, -0.05) is 30.3 Å². The summed E-state index contributed by atoms with van der Waals surface area (Å²) in [7, 11) is 0. The van der Waals surface area contributed by atoms with Crippen molar-refractivity contribution >= 4 is 12.4 Å². The van der Waals surface area contributed by atoms with E-state index in [2.05, 4.69) is 0 Å². The van der Waals surface area contributed by atoms with Gasteiger partial charge in [-0.05, 0) is 18.9 Å². The Labute approximate surface area is 101 Å². The maximum Gasteiger partial charge on any atom is 0.325 e. The van der Waals surface area contributed by atoms with Gasteiger partial charge in [0, 0.05) is 6.54 Å². The number of benzene rings is 1. The molecule has 0 unspecified atom stereocenters. The Hall–Kier alpha value is -1.84. The Bertz CT molecular complexity index is 351. The molecule has 0 saturated heterocycles. The van der Waals surface area contributed by atoms with E-state index in [1.54, 1.807) is 6.92 Å². The van der Waals surface area contributed by atoms with Gasteiger partial charge in [-0.25, -0.2) is 0 Å². The molecule has 0 radical (unpaired) electrons. The van der Waals surface area contributed by atoms with E-state index in [1.165, 1.54) is 4.90 Å². The summed E-state index contributed by atoms with van der Waals surface area (Å²) >= 11 is 0. The number of esters is 1. The fraction of sp³-hybridized carbons (Fsp3) is 0.385. The van der Waals surface area contributed by atoms with Crippen molar-refractivity contribution < 1.29 is 14.3 Å². The Balaban J connectivity index is 2.37. The molecule has 0 bridgehead atoms. The molecule has 1 aromatic rings. The minimum absolute atomic E-state index is 0.0180. The predicted octanol–water partition coefficient (Wildman–Crippen LogP) is 1.25. The van der Waals surface area contributed by atoms with Crippen LogP contribution in [-0.4, -0.2) is 37.0 Å². The first-order valence-corrected chi connectivity index (χ1v) is 5.65. The van der Waals surface area contributed by atoms with Crippen LogP contribution in [0.2, 0.25) is 0 Å². The summed E-state index contributed by atoms with van der Waals surface area (Å²) in [6.07, 6.45) is 1.42. The second-order valence-corrected chi connectivity index (χ2v) is 3.62. The number of rotatable bonds is 7. The quantitative estimate of drug-likeness (QED) is 0.528. The van der Waals surface area contributed by atoms with E-state index in [4.69, 9.17) is 4.74 Å². The fourth-order valence-electron chi connectivity index (χ4n) is 1.46. The molecule has 0 N–H and O–H groups in total. The van der Waals surface area contributed by atoms with Gasteiger partial charge in [-0.2, -0.15) is 0 Å². The molecule has 0 spiro atoms. The molecule has 0 fully saturated rings. The van der Waals surface area contributed by atoms with E-state index in [9.17, 15) is 9.59 Å². The highest BCUT2D eigenvalue weighted by molar-refractivity contribution is 5.74. The van der Waals surface area contributed by atoms with Gasteiger partial charge in [0.2, 0.25) is 6.41 Å². The third kappa shape index (κ3) is 5.15. The summed E-state index contributed by atoms with van der Waals surface area (Å²) in [5.74, 6) is -0.368. The number of carbonyl (C=O) groups is 2. The van der Waals surface area contributed by atoms with Crippen LogP contribution in [0.1, 0.15) is 12.5 Å². The minimum atomic E-state index is -0.368. The second kappa shape index (κ2) is 7.44. The molecule has 1 aromatic carbocycles. The predicted molar refractivity (Wildman–Crippen MR) is 64.4 cm³/mol. The molecule has 0 atom stereocenters. The number of amides is 1. The fourth-order valence-corrected chi connectivity index (χ4v) is 1.46. The highest BCUT2D eigenvalue weighted by Gasteiger charge is 2.08. The minimum Gasteiger partial charge on any atom is -0.465 e. The van der Waals surface area contributed by atoms with Crippen molar-refractivity contribution in [2.24, 2.45) is 0 Å². The number of carbonyl (C=O) groups excluding carboxylic acids is 2. The van der Waals surface area contributed by atoms with Crippen LogP contribution < -0.4 is 0 Å². The Morgan fingerprint density at radius 2 is 2.06 bits per heavy atom. The molecule has 0 aliphatic carbocycles. The number of nitrogens with zero attached hydrogens (tertiary/aromatic N) is 1. The van der Waals surface area contributed by atoms with Crippen LogP contribution in [0.4, 0.5) is 0 Å². The van der Waals surface area contributed by atoms with E-state index < -0.39 is 0 Å². The standard InChI is InChI=1S/C13H17NO3/c1-2-17-13(16)10-14(11-15)9-8-12-6-4-3-5-7-12/h3-7,11H,2,8-10H2,1H3. The Morgan fingerprint density at radius 3 is 2.65 bits per heavy atom. The maximum atomic E-state index is 11.2. The number of ether oxygens (including phenoxy) is 1. The van der Waals surface area contributed by atoms with E-state index >= 15 is 0 Å². The molecule has 0 heterocycles. The third-order valence-corrected chi connectivity index (χ3v) is 2.32. The summed E-state index contributed by atoms with van der Waals surface area (Å²) in [6, 6.07) is 9.83. The zero-order valence-electron chi connectivity index (χ0n) is 9.96. The van der Waals surface area contributed by atoms with Gasteiger partial charge in [0.15, 0.2) is 0 Å². The van der Waals surface area contributed by atoms with Gasteiger partial charge in [-0.3, -0.25) is 9.59 Å². The summed E-state index contributed by atoms with van der Waals surface area (Å²) in [5, 5.41) is 0. The summed E-state index contributed by atoms with van der Waals surface area (Å²) in [5.41, 5.74) is 1.14. The van der Waals surface area contributed by atoms with E-state index in [0.29, 0.717) is 19.6 Å². The maximum absolute atomic E-state index is 11.2. The van der Waals surface area contributed by atoms with Crippen LogP contribution in [0.3, 0.4) is 0 Å². The average Bonchev–Trinajstić information content (AvgIpc) is 2.36. The van der Waals surface area contributed by atoms with E-state index in [0.717, 1.165) is 12.0 Å². The van der Waals surface area contributed by atoms with Crippen molar-refractivity contribution in [2.45, 2.75) is 13.3 Å². The van der Waals surface area contributed by atoms with Crippen LogP contribution in [0.15, 0.2) is 30.3 Å². The molecule has 17 heavy (non-hydrogen) atoms. The second-order valence-electron chi connectivity index (χ2n) is 3.62. The average molecular weight is 235 g/mol. The SMILES string of the molecule is CCOC(=O)CN(C=O)CCc1ccccc1. The first kappa shape index (κ1) is 13.2. The van der Waals surface area contributed by atoms with Gasteiger partial charge < -0.3 is 9.64 Å². The Morgan fingerprint density at radius 1 is 1.35 bits per heavy atom. The molecule has 92 valence electrons. The molecule has 4 nitrogen and oxygen atoms in total. The zero-order valence-corrected chi connectivity index (χ0v) is 9.96. The smallest absolute Gasteiger partial charge is 0.325 e. The third-order valence-electron chi connectivity index (χ3n) is 2.32. The first-order valence-electron chi connectivity index (χ1n) is 5.65. The number of hydrogen-bond acceptors (Lipinski definition) is 3. The monoisotopic (exact) mass is 235 g/mol. The number of hydrogen-bond donors (Lipinski definition) is 0. The van der Waals surface area contributed by atoms with Crippen molar-refractivity contribution in [3.05, 3.63) is 35.9 Å². The van der Waals surface area contributed by atoms with Crippen LogP contribution in [0, 0.1) is 0 Å². The van der Waals surface area contributed by atoms with Crippen molar-refractivity contribution in [1.29, 1.82) is 0 Å². The summed E-state index contributed by atoms with van der Waals surface area (Å²) in [6.45, 7) is 2.62. The van der Waals surface area contributed by atoms with Crippen molar-refractivity contribution in [2.75, 3.05) is 19.7 Å². The lowest BCUT2D eigenvalue weighted by Crippen LogP contribution is -2.31. The lowest BCUT2D eigenvalue weighted by Gasteiger charge is -2.15. The lowest BCUT2D eigenvalue weighted by molar-refractivity contribution is -0.146.